The fourth-order valence-corrected chi connectivity index (χ4v) is 2.21. The van der Waals surface area contributed by atoms with E-state index in [0.29, 0.717) is 6.04 Å². The van der Waals surface area contributed by atoms with Gasteiger partial charge >= 0.3 is 0 Å². The molecule has 72 valence electrons. The topological polar surface area (TPSA) is 27.8 Å². The molecule has 1 saturated heterocycles. The van der Waals surface area contributed by atoms with Crippen LogP contribution in [0.5, 0.6) is 0 Å². The summed E-state index contributed by atoms with van der Waals surface area (Å²) < 4.78 is 0. The molecule has 3 heteroatoms. The molecule has 0 radical (unpaired) electrons. The van der Waals surface area contributed by atoms with Crippen molar-refractivity contribution in [1.29, 1.82) is 0 Å². The van der Waals surface area contributed by atoms with E-state index in [9.17, 15) is 0 Å². The largest absolute Gasteiger partial charge is 0.360 e. The van der Waals surface area contributed by atoms with Gasteiger partial charge in [-0.05, 0) is 24.6 Å². The summed E-state index contributed by atoms with van der Waals surface area (Å²) in [5, 5.41) is 5.44. The van der Waals surface area contributed by atoms with Gasteiger partial charge in [-0.3, -0.25) is 0 Å². The summed E-state index contributed by atoms with van der Waals surface area (Å²) in [6.07, 6.45) is 3.28. The van der Waals surface area contributed by atoms with Crippen LogP contribution in [0.1, 0.15) is 18.0 Å². The zero-order valence-corrected chi connectivity index (χ0v) is 8.43. The van der Waals surface area contributed by atoms with E-state index in [1.54, 1.807) is 0 Å². The number of halogens is 1. The van der Waals surface area contributed by atoms with Crippen LogP contribution in [-0.2, 0) is 0 Å². The Morgan fingerprint density at radius 2 is 2.21 bits per heavy atom. The van der Waals surface area contributed by atoms with Gasteiger partial charge in [0.1, 0.15) is 0 Å². The molecule has 1 aliphatic heterocycles. The summed E-state index contributed by atoms with van der Waals surface area (Å²) in [4.78, 5) is 3.23. The highest BCUT2D eigenvalue weighted by Gasteiger charge is 2.21. The zero-order chi connectivity index (χ0) is 9.54. The Labute approximate surface area is 87.3 Å². The third-order valence-electron chi connectivity index (χ3n) is 2.90. The van der Waals surface area contributed by atoms with Gasteiger partial charge in [0.05, 0.1) is 10.5 Å². The molecule has 1 aliphatic rings. The van der Waals surface area contributed by atoms with Crippen LogP contribution in [0.3, 0.4) is 0 Å². The van der Waals surface area contributed by atoms with E-state index in [0.717, 1.165) is 17.1 Å². The number of nitrogens with one attached hydrogen (secondary N) is 2. The Kier molecular flexibility index (Phi) is 1.79. The number of para-hydroxylation sites is 1. The second-order valence-corrected chi connectivity index (χ2v) is 4.11. The fourth-order valence-electron chi connectivity index (χ4n) is 1.98. The average Bonchev–Trinajstić information content (AvgIpc) is 2.48. The molecule has 1 fully saturated rings. The predicted octanol–water partition coefficient (Wildman–Crippen LogP) is 2.86. The summed E-state index contributed by atoms with van der Waals surface area (Å²) in [5.74, 6) is 0. The molecule has 2 aromatic rings. The molecule has 1 atom stereocenters. The van der Waals surface area contributed by atoms with Crippen molar-refractivity contribution < 1.29 is 0 Å². The monoisotopic (exact) mass is 206 g/mol. The van der Waals surface area contributed by atoms with Crippen molar-refractivity contribution in [2.45, 2.75) is 12.5 Å². The van der Waals surface area contributed by atoms with Crippen molar-refractivity contribution in [1.82, 2.24) is 10.3 Å². The molecule has 1 aromatic heterocycles. The molecule has 0 amide bonds. The quantitative estimate of drug-likeness (QED) is 0.738. The number of benzene rings is 1. The predicted molar refractivity (Wildman–Crippen MR) is 58.7 cm³/mol. The second kappa shape index (κ2) is 3.01. The van der Waals surface area contributed by atoms with E-state index in [4.69, 9.17) is 11.6 Å². The first kappa shape index (κ1) is 8.33. The number of fused-ring (bicyclic) bond motifs is 1. The van der Waals surface area contributed by atoms with Gasteiger partial charge in [-0.1, -0.05) is 23.7 Å². The van der Waals surface area contributed by atoms with Crippen molar-refractivity contribution in [2.75, 3.05) is 6.54 Å². The lowest BCUT2D eigenvalue weighted by atomic mass is 9.98. The average molecular weight is 207 g/mol. The van der Waals surface area contributed by atoms with Crippen LogP contribution < -0.4 is 5.32 Å². The van der Waals surface area contributed by atoms with Gasteiger partial charge in [-0.25, -0.2) is 0 Å². The smallest absolute Gasteiger partial charge is 0.0647 e. The molecule has 2 heterocycles. The Hall–Kier alpha value is -0.990. The number of hydrogen-bond acceptors (Lipinski definition) is 1. The molecule has 1 aromatic carbocycles. The molecule has 14 heavy (non-hydrogen) atoms. The van der Waals surface area contributed by atoms with Crippen molar-refractivity contribution in [3.63, 3.8) is 0 Å². The van der Waals surface area contributed by atoms with Gasteiger partial charge in [0.25, 0.3) is 0 Å². The molecule has 2 N–H and O–H groups in total. The van der Waals surface area contributed by atoms with Crippen molar-refractivity contribution in [3.8, 4) is 0 Å². The minimum absolute atomic E-state index is 0.516. The first-order valence-corrected chi connectivity index (χ1v) is 5.23. The fraction of sp³-hybridized carbons (Fsp3) is 0.273. The SMILES string of the molecule is Clc1cccc2c([C@@H]3CCN3)c[nH]c12. The first-order valence-electron chi connectivity index (χ1n) is 4.85. The standard InChI is InChI=1S/C11H11ClN2/c12-9-3-1-2-7-8(6-14-11(7)9)10-4-5-13-10/h1-3,6,10,13-14H,4-5H2/t10-/m0/s1. The lowest BCUT2D eigenvalue weighted by Gasteiger charge is -2.27. The van der Waals surface area contributed by atoms with Crippen molar-refractivity contribution in [3.05, 3.63) is 35.0 Å². The molecule has 0 unspecified atom stereocenters. The van der Waals surface area contributed by atoms with E-state index in [1.807, 2.05) is 12.1 Å². The van der Waals surface area contributed by atoms with Crippen LogP contribution in [0.4, 0.5) is 0 Å². The minimum atomic E-state index is 0.516. The number of hydrogen-bond donors (Lipinski definition) is 2. The molecule has 3 rings (SSSR count). The number of aromatic nitrogens is 1. The molecule has 0 bridgehead atoms. The maximum absolute atomic E-state index is 6.08. The van der Waals surface area contributed by atoms with Crippen LogP contribution in [0.15, 0.2) is 24.4 Å². The van der Waals surface area contributed by atoms with Gasteiger partial charge in [-0.2, -0.15) is 0 Å². The number of aromatic amines is 1. The Bertz CT molecular complexity index is 471. The van der Waals surface area contributed by atoms with Crippen LogP contribution in [0, 0.1) is 0 Å². The highest BCUT2D eigenvalue weighted by atomic mass is 35.5. The Balaban J connectivity index is 2.20. The Morgan fingerprint density at radius 3 is 2.93 bits per heavy atom. The lowest BCUT2D eigenvalue weighted by Crippen LogP contribution is -2.34. The summed E-state index contributed by atoms with van der Waals surface area (Å²) >= 11 is 6.08. The highest BCUT2D eigenvalue weighted by molar-refractivity contribution is 6.35. The molecule has 0 aliphatic carbocycles. The molecule has 2 nitrogen and oxygen atoms in total. The van der Waals surface area contributed by atoms with E-state index >= 15 is 0 Å². The molecule has 0 spiro atoms. The minimum Gasteiger partial charge on any atom is -0.360 e. The molecule has 0 saturated carbocycles. The summed E-state index contributed by atoms with van der Waals surface area (Å²) in [6, 6.07) is 6.55. The van der Waals surface area contributed by atoms with Crippen LogP contribution in [-0.4, -0.2) is 11.5 Å². The maximum atomic E-state index is 6.08. The summed E-state index contributed by atoms with van der Waals surface area (Å²) in [7, 11) is 0. The third-order valence-corrected chi connectivity index (χ3v) is 3.21. The van der Waals surface area contributed by atoms with E-state index < -0.39 is 0 Å². The third kappa shape index (κ3) is 1.08. The van der Waals surface area contributed by atoms with Crippen LogP contribution >= 0.6 is 11.6 Å². The zero-order valence-electron chi connectivity index (χ0n) is 7.68. The van der Waals surface area contributed by atoms with Crippen LogP contribution in [0.2, 0.25) is 5.02 Å². The van der Waals surface area contributed by atoms with Gasteiger partial charge < -0.3 is 10.3 Å². The lowest BCUT2D eigenvalue weighted by molar-refractivity contribution is 0.385. The van der Waals surface area contributed by atoms with Crippen LogP contribution in [0.25, 0.3) is 10.9 Å². The summed E-state index contributed by atoms with van der Waals surface area (Å²) in [5.41, 5.74) is 2.40. The molecular weight excluding hydrogens is 196 g/mol. The van der Waals surface area contributed by atoms with Gasteiger partial charge in [0.2, 0.25) is 0 Å². The van der Waals surface area contributed by atoms with Crippen molar-refractivity contribution in [2.24, 2.45) is 0 Å². The molecular formula is C11H11ClN2. The Morgan fingerprint density at radius 1 is 1.36 bits per heavy atom. The maximum Gasteiger partial charge on any atom is 0.0647 e. The number of H-pyrrole nitrogens is 1. The second-order valence-electron chi connectivity index (χ2n) is 3.70. The van der Waals surface area contributed by atoms with Gasteiger partial charge in [0.15, 0.2) is 0 Å². The first-order chi connectivity index (χ1) is 6.86. The van der Waals surface area contributed by atoms with E-state index in [2.05, 4.69) is 22.6 Å². The van der Waals surface area contributed by atoms with Gasteiger partial charge in [0, 0.05) is 17.6 Å². The summed E-state index contributed by atoms with van der Waals surface area (Å²) in [6.45, 7) is 1.12. The normalized spacial score (nSPS) is 21.1. The van der Waals surface area contributed by atoms with E-state index in [-0.39, 0.29) is 0 Å². The van der Waals surface area contributed by atoms with E-state index in [1.165, 1.54) is 17.4 Å². The van der Waals surface area contributed by atoms with Gasteiger partial charge in [-0.15, -0.1) is 0 Å². The van der Waals surface area contributed by atoms with Crippen molar-refractivity contribution >= 4 is 22.5 Å². The highest BCUT2D eigenvalue weighted by Crippen LogP contribution is 2.32. The number of rotatable bonds is 1.